The van der Waals surface area contributed by atoms with Crippen molar-refractivity contribution >= 4 is 6.41 Å². The maximum absolute atomic E-state index is 9.84. The number of carbonyl (C=O) groups excluding carboxylic acids is 1. The zero-order valence-electron chi connectivity index (χ0n) is 7.51. The van der Waals surface area contributed by atoms with Crippen molar-refractivity contribution in [2.45, 2.75) is 19.3 Å². The molecule has 0 atom stereocenters. The van der Waals surface area contributed by atoms with Gasteiger partial charge in [-0.05, 0) is 19.4 Å². The lowest BCUT2D eigenvalue weighted by Crippen LogP contribution is -2.23. The van der Waals surface area contributed by atoms with Crippen LogP contribution in [0.4, 0.5) is 0 Å². The number of carbonyl (C=O) groups is 1. The van der Waals surface area contributed by atoms with Crippen molar-refractivity contribution in [2.75, 3.05) is 26.2 Å². The van der Waals surface area contributed by atoms with Gasteiger partial charge < -0.3 is 16.4 Å². The third kappa shape index (κ3) is 9.39. The average Bonchev–Trinajstić information content (AvgIpc) is 2.10. The molecule has 4 heteroatoms. The molecule has 0 spiro atoms. The van der Waals surface area contributed by atoms with Gasteiger partial charge in [0.25, 0.3) is 0 Å². The Labute approximate surface area is 73.9 Å². The molecule has 0 rings (SSSR count). The number of rotatable bonds is 9. The van der Waals surface area contributed by atoms with Crippen LogP contribution in [0.15, 0.2) is 0 Å². The van der Waals surface area contributed by atoms with Crippen molar-refractivity contribution < 1.29 is 4.79 Å². The minimum atomic E-state index is 0.701. The van der Waals surface area contributed by atoms with E-state index >= 15 is 0 Å². The van der Waals surface area contributed by atoms with E-state index in [-0.39, 0.29) is 0 Å². The van der Waals surface area contributed by atoms with Crippen LogP contribution in [0, 0.1) is 0 Å². The maximum Gasteiger partial charge on any atom is 0.207 e. The molecular weight excluding hydrogens is 154 g/mol. The smallest absolute Gasteiger partial charge is 0.207 e. The normalized spacial score (nSPS) is 9.75. The Morgan fingerprint density at radius 1 is 1.08 bits per heavy atom. The molecule has 0 heterocycles. The van der Waals surface area contributed by atoms with Crippen molar-refractivity contribution in [1.82, 2.24) is 10.6 Å². The first-order chi connectivity index (χ1) is 5.91. The Kier molecular flexibility index (Phi) is 9.86. The third-order valence-electron chi connectivity index (χ3n) is 1.58. The van der Waals surface area contributed by atoms with Crippen LogP contribution in [0.2, 0.25) is 0 Å². The second-order valence-corrected chi connectivity index (χ2v) is 2.67. The van der Waals surface area contributed by atoms with Crippen molar-refractivity contribution in [3.05, 3.63) is 0 Å². The summed E-state index contributed by atoms with van der Waals surface area (Å²) in [4.78, 5) is 9.84. The maximum atomic E-state index is 9.84. The van der Waals surface area contributed by atoms with Gasteiger partial charge in [-0.2, -0.15) is 0 Å². The summed E-state index contributed by atoms with van der Waals surface area (Å²) in [6.45, 7) is 3.41. The van der Waals surface area contributed by atoms with Crippen molar-refractivity contribution in [3.8, 4) is 0 Å². The van der Waals surface area contributed by atoms with Gasteiger partial charge >= 0.3 is 0 Å². The van der Waals surface area contributed by atoms with Crippen molar-refractivity contribution in [3.63, 3.8) is 0 Å². The fourth-order valence-corrected chi connectivity index (χ4v) is 0.940. The van der Waals surface area contributed by atoms with Crippen LogP contribution in [0.1, 0.15) is 19.3 Å². The molecule has 4 N–H and O–H groups in total. The minimum absolute atomic E-state index is 0.701. The highest BCUT2D eigenvalue weighted by Crippen LogP contribution is 1.91. The lowest BCUT2D eigenvalue weighted by molar-refractivity contribution is -0.109. The van der Waals surface area contributed by atoms with Gasteiger partial charge in [-0.15, -0.1) is 0 Å². The second-order valence-electron chi connectivity index (χ2n) is 2.67. The molecule has 0 saturated heterocycles. The standard InChI is InChI=1S/C8H19N3O/c9-4-7-10-5-2-1-3-6-11-8-12/h8,10H,1-7,9H2,(H,11,12). The number of unbranched alkanes of at least 4 members (excludes halogenated alkanes) is 2. The van der Waals surface area contributed by atoms with E-state index in [1.807, 2.05) is 0 Å². The van der Waals surface area contributed by atoms with E-state index < -0.39 is 0 Å². The highest BCUT2D eigenvalue weighted by atomic mass is 16.1. The highest BCUT2D eigenvalue weighted by molar-refractivity contribution is 5.45. The van der Waals surface area contributed by atoms with Crippen LogP contribution in [0.5, 0.6) is 0 Å². The van der Waals surface area contributed by atoms with E-state index in [4.69, 9.17) is 5.73 Å². The SMILES string of the molecule is NCCNCCCCCNC=O. The predicted molar refractivity (Wildman–Crippen MR) is 49.8 cm³/mol. The van der Waals surface area contributed by atoms with E-state index in [0.29, 0.717) is 6.54 Å². The molecule has 4 nitrogen and oxygen atoms in total. The monoisotopic (exact) mass is 173 g/mol. The summed E-state index contributed by atoms with van der Waals surface area (Å²) in [5.74, 6) is 0. The van der Waals surface area contributed by atoms with Crippen LogP contribution in [-0.2, 0) is 4.79 Å². The summed E-state index contributed by atoms with van der Waals surface area (Å²) < 4.78 is 0. The fourth-order valence-electron chi connectivity index (χ4n) is 0.940. The van der Waals surface area contributed by atoms with Gasteiger partial charge in [0.1, 0.15) is 0 Å². The lowest BCUT2D eigenvalue weighted by atomic mass is 10.2. The van der Waals surface area contributed by atoms with Gasteiger partial charge in [0.05, 0.1) is 0 Å². The average molecular weight is 173 g/mol. The Morgan fingerprint density at radius 2 is 1.83 bits per heavy atom. The molecule has 0 bridgehead atoms. The quantitative estimate of drug-likeness (QED) is 0.324. The Bertz CT molecular complexity index is 98.3. The van der Waals surface area contributed by atoms with Crippen LogP contribution >= 0.6 is 0 Å². The zero-order chi connectivity index (χ0) is 9.07. The zero-order valence-corrected chi connectivity index (χ0v) is 7.51. The number of hydrogen-bond acceptors (Lipinski definition) is 3. The van der Waals surface area contributed by atoms with E-state index in [9.17, 15) is 4.79 Å². The number of amides is 1. The minimum Gasteiger partial charge on any atom is -0.359 e. The molecule has 0 aliphatic heterocycles. The van der Waals surface area contributed by atoms with Gasteiger partial charge in [-0.1, -0.05) is 6.42 Å². The molecule has 72 valence electrons. The molecule has 1 amide bonds. The Morgan fingerprint density at radius 3 is 2.50 bits per heavy atom. The topological polar surface area (TPSA) is 67.2 Å². The molecule has 0 aliphatic rings. The summed E-state index contributed by atoms with van der Waals surface area (Å²) >= 11 is 0. The van der Waals surface area contributed by atoms with E-state index in [0.717, 1.165) is 45.3 Å². The summed E-state index contributed by atoms with van der Waals surface area (Å²) in [6.07, 6.45) is 4.11. The largest absolute Gasteiger partial charge is 0.359 e. The summed E-state index contributed by atoms with van der Waals surface area (Å²) in [5, 5.41) is 5.84. The number of hydrogen-bond donors (Lipinski definition) is 3. The van der Waals surface area contributed by atoms with Crippen LogP contribution in [0.25, 0.3) is 0 Å². The molecule has 0 aromatic carbocycles. The second kappa shape index (κ2) is 10.4. The van der Waals surface area contributed by atoms with E-state index in [2.05, 4.69) is 10.6 Å². The molecule has 12 heavy (non-hydrogen) atoms. The van der Waals surface area contributed by atoms with E-state index in [1.54, 1.807) is 0 Å². The first-order valence-corrected chi connectivity index (χ1v) is 4.49. The van der Waals surface area contributed by atoms with Crippen molar-refractivity contribution in [2.24, 2.45) is 5.73 Å². The van der Waals surface area contributed by atoms with Gasteiger partial charge in [0, 0.05) is 19.6 Å². The summed E-state index contributed by atoms with van der Waals surface area (Å²) in [6, 6.07) is 0. The van der Waals surface area contributed by atoms with Crippen LogP contribution in [-0.4, -0.2) is 32.6 Å². The van der Waals surface area contributed by atoms with E-state index in [1.165, 1.54) is 0 Å². The van der Waals surface area contributed by atoms with Crippen molar-refractivity contribution in [1.29, 1.82) is 0 Å². The summed E-state index contributed by atoms with van der Waals surface area (Å²) in [7, 11) is 0. The molecule has 0 aromatic rings. The molecule has 0 fully saturated rings. The Hall–Kier alpha value is -0.610. The number of nitrogens with one attached hydrogen (secondary N) is 2. The first kappa shape index (κ1) is 11.4. The van der Waals surface area contributed by atoms with Gasteiger partial charge in [0.15, 0.2) is 0 Å². The van der Waals surface area contributed by atoms with Gasteiger partial charge in [0.2, 0.25) is 6.41 Å². The van der Waals surface area contributed by atoms with Crippen LogP contribution < -0.4 is 16.4 Å². The molecule has 0 aromatic heterocycles. The molecule has 0 saturated carbocycles. The fraction of sp³-hybridized carbons (Fsp3) is 0.875. The summed E-state index contributed by atoms with van der Waals surface area (Å²) in [5.41, 5.74) is 5.30. The molecule has 0 radical (unpaired) electrons. The third-order valence-corrected chi connectivity index (χ3v) is 1.58. The van der Waals surface area contributed by atoms with Crippen LogP contribution in [0.3, 0.4) is 0 Å². The molecular formula is C8H19N3O. The Balaban J connectivity index is 2.77. The predicted octanol–water partition coefficient (Wildman–Crippen LogP) is -0.549. The van der Waals surface area contributed by atoms with Gasteiger partial charge in [-0.25, -0.2) is 0 Å². The highest BCUT2D eigenvalue weighted by Gasteiger charge is 1.88. The van der Waals surface area contributed by atoms with Gasteiger partial charge in [-0.3, -0.25) is 4.79 Å². The lowest BCUT2D eigenvalue weighted by Gasteiger charge is -2.02. The number of nitrogens with two attached hydrogens (primary N) is 1. The molecule has 0 aliphatic carbocycles. The first-order valence-electron chi connectivity index (χ1n) is 4.49. The molecule has 0 unspecified atom stereocenters.